The highest BCUT2D eigenvalue weighted by atomic mass is 31.3. The minimum absolute atomic E-state index is 0.0257. The number of nitrogens with two attached hydrogens (primary N) is 1. The molecule has 1 amide bonds. The Morgan fingerprint density at radius 2 is 1.65 bits per heavy atom. The van der Waals surface area contributed by atoms with Crippen LogP contribution in [-0.4, -0.2) is 118 Å². The second-order valence-corrected chi connectivity index (χ2v) is 11.2. The lowest BCUT2D eigenvalue weighted by Crippen LogP contribution is -2.64. The number of aliphatic hydroxyl groups is 5. The summed E-state index contributed by atoms with van der Waals surface area (Å²) in [5, 5.41) is 50.6. The molecule has 23 heteroatoms. The van der Waals surface area contributed by atoms with E-state index in [9.17, 15) is 49.0 Å². The number of hydrogen-bond donors (Lipinski definition) is 11. The molecule has 0 spiro atoms. The first-order valence-electron chi connectivity index (χ1n) is 11.1. The van der Waals surface area contributed by atoms with Crippen LogP contribution in [0.5, 0.6) is 0 Å². The van der Waals surface area contributed by atoms with Gasteiger partial charge in [0.2, 0.25) is 5.91 Å². The van der Waals surface area contributed by atoms with Gasteiger partial charge >= 0.3 is 21.3 Å². The maximum Gasteiger partial charge on any atom is 0.481 e. The molecule has 10 atom stereocenters. The fourth-order valence-electron chi connectivity index (χ4n) is 3.58. The van der Waals surface area contributed by atoms with Crippen LogP contribution in [0, 0.1) is 0 Å². The van der Waals surface area contributed by atoms with Crippen molar-refractivity contribution in [1.29, 1.82) is 0 Å². The van der Waals surface area contributed by atoms with Crippen molar-refractivity contribution in [1.82, 2.24) is 14.9 Å². The number of phosphoric acid groups is 2. The van der Waals surface area contributed by atoms with Crippen LogP contribution in [-0.2, 0) is 32.2 Å². The molecule has 1 aromatic rings. The van der Waals surface area contributed by atoms with E-state index in [1.165, 1.54) is 6.92 Å². The summed E-state index contributed by atoms with van der Waals surface area (Å²) in [4.78, 5) is 61.4. The van der Waals surface area contributed by atoms with Crippen molar-refractivity contribution < 1.29 is 72.4 Å². The number of H-pyrrole nitrogens is 1. The first kappa shape index (κ1) is 34.3. The van der Waals surface area contributed by atoms with E-state index < -0.39 is 94.6 Å². The molecule has 230 valence electrons. The number of rotatable bonds is 8. The highest BCUT2D eigenvalue weighted by Crippen LogP contribution is 2.57. The van der Waals surface area contributed by atoms with Crippen molar-refractivity contribution in [3.05, 3.63) is 33.1 Å². The van der Waals surface area contributed by atoms with Crippen LogP contribution in [0.3, 0.4) is 0 Å². The van der Waals surface area contributed by atoms with Crippen LogP contribution < -0.4 is 22.3 Å². The lowest BCUT2D eigenvalue weighted by Gasteiger charge is -2.40. The number of amides is 1. The predicted octanol–water partition coefficient (Wildman–Crippen LogP) is -5.73. The van der Waals surface area contributed by atoms with Crippen molar-refractivity contribution in [2.75, 3.05) is 13.2 Å². The molecule has 3 heterocycles. The molecule has 3 rings (SSSR count). The third-order valence-corrected chi connectivity index (χ3v) is 7.55. The zero-order valence-corrected chi connectivity index (χ0v) is 22.2. The van der Waals surface area contributed by atoms with E-state index in [4.69, 9.17) is 29.9 Å². The third-order valence-electron chi connectivity index (χ3n) is 5.40. The van der Waals surface area contributed by atoms with Crippen molar-refractivity contribution >= 4 is 21.6 Å². The summed E-state index contributed by atoms with van der Waals surface area (Å²) >= 11 is 0. The zero-order valence-electron chi connectivity index (χ0n) is 20.4. The maximum atomic E-state index is 11.7. The standard InChI is InChI=1S/C9H14N2O12P2.C8H16N2O5/c12-5-1-2-11(9(15)10-5)8-7(14)6(13)4(22-8)3-21-25(19,20)23-24(16,17)18;1-3(11)10-5-7(13)6(12)4(2-9)15-8(5)14/h1-2,4,6-8,13-14H,3H2,(H,19,20)(H,10,12,15)(H2,16,17,18);4-8,12-14H,2,9H2,1H3,(H,10,11)/t4-,6-,7-,8-;4-,5-,6-,7-,8?/m11/s1. The highest BCUT2D eigenvalue weighted by molar-refractivity contribution is 7.60. The number of nitrogens with one attached hydrogen (secondary N) is 2. The van der Waals surface area contributed by atoms with Gasteiger partial charge in [-0.05, 0) is 0 Å². The molecule has 2 aliphatic rings. The van der Waals surface area contributed by atoms with Crippen LogP contribution in [0.15, 0.2) is 21.9 Å². The molecule has 2 saturated heterocycles. The average molecular weight is 624 g/mol. The smallest absolute Gasteiger partial charge is 0.388 e. The summed E-state index contributed by atoms with van der Waals surface area (Å²) in [6, 6.07) is -0.0796. The number of aliphatic hydroxyl groups excluding tert-OH is 5. The van der Waals surface area contributed by atoms with E-state index in [0.29, 0.717) is 0 Å². The minimum atomic E-state index is -5.32. The molecular weight excluding hydrogens is 594 g/mol. The molecule has 2 aliphatic heterocycles. The summed E-state index contributed by atoms with van der Waals surface area (Å²) in [6.45, 7) is 0.309. The van der Waals surface area contributed by atoms with Gasteiger partial charge < -0.3 is 60.7 Å². The molecule has 0 bridgehead atoms. The summed E-state index contributed by atoms with van der Waals surface area (Å²) in [5.41, 5.74) is 3.62. The van der Waals surface area contributed by atoms with E-state index in [1.54, 1.807) is 0 Å². The number of ether oxygens (including phenoxy) is 2. The lowest BCUT2D eigenvalue weighted by atomic mass is 9.97. The highest BCUT2D eigenvalue weighted by Gasteiger charge is 2.46. The van der Waals surface area contributed by atoms with Crippen LogP contribution in [0.4, 0.5) is 0 Å². The summed E-state index contributed by atoms with van der Waals surface area (Å²) < 4.78 is 40.6. The number of carbonyl (C=O) groups excluding carboxylic acids is 1. The van der Waals surface area contributed by atoms with Crippen LogP contribution in [0.25, 0.3) is 0 Å². The second kappa shape index (κ2) is 13.8. The molecule has 1 aromatic heterocycles. The molecule has 0 saturated carbocycles. The number of aromatic nitrogens is 2. The molecule has 0 aliphatic carbocycles. The number of nitrogens with zero attached hydrogens (tertiary/aromatic N) is 1. The number of carbonyl (C=O) groups is 1. The molecule has 0 aromatic carbocycles. The molecule has 12 N–H and O–H groups in total. The molecule has 21 nitrogen and oxygen atoms in total. The Labute approximate surface area is 223 Å². The Morgan fingerprint density at radius 3 is 2.17 bits per heavy atom. The summed E-state index contributed by atoms with van der Waals surface area (Å²) in [5.74, 6) is -0.430. The lowest BCUT2D eigenvalue weighted by molar-refractivity contribution is -0.244. The quantitative estimate of drug-likeness (QED) is 0.120. The zero-order chi connectivity index (χ0) is 30.6. The van der Waals surface area contributed by atoms with Gasteiger partial charge in [0.25, 0.3) is 5.56 Å². The normalized spacial score (nSPS) is 33.9. The van der Waals surface area contributed by atoms with Gasteiger partial charge in [-0.2, -0.15) is 4.31 Å². The Kier molecular flexibility index (Phi) is 11.9. The number of aromatic amines is 1. The topological polar surface area (TPSA) is 343 Å². The van der Waals surface area contributed by atoms with Crippen LogP contribution in [0.1, 0.15) is 13.2 Å². The minimum Gasteiger partial charge on any atom is -0.388 e. The fourth-order valence-corrected chi connectivity index (χ4v) is 5.18. The van der Waals surface area contributed by atoms with Gasteiger partial charge in [-0.1, -0.05) is 0 Å². The molecule has 40 heavy (non-hydrogen) atoms. The SMILES string of the molecule is CC(=O)N[C@H]1C(O)O[C@H](CN)[C@@H](O)[C@@H]1O.O=c1ccn([C@@H]2O[C@H](COP(=O)(O)OP(=O)(O)O)[C@@H](O)[C@H]2O)c(=O)[nH]1. The Bertz CT molecular complexity index is 1220. The van der Waals surface area contributed by atoms with Gasteiger partial charge in [0.15, 0.2) is 12.5 Å². The number of phosphoric ester groups is 1. The predicted molar refractivity (Wildman–Crippen MR) is 126 cm³/mol. The van der Waals surface area contributed by atoms with Gasteiger partial charge in [-0.15, -0.1) is 0 Å². The van der Waals surface area contributed by atoms with Crippen molar-refractivity contribution in [2.24, 2.45) is 5.73 Å². The molecular formula is C17H30N4O17P2. The van der Waals surface area contributed by atoms with Crippen LogP contribution >= 0.6 is 15.6 Å². The first-order chi connectivity index (χ1) is 18.4. The van der Waals surface area contributed by atoms with E-state index in [2.05, 4.69) is 14.2 Å². The average Bonchev–Trinajstić information content (AvgIpc) is 3.10. The van der Waals surface area contributed by atoms with Crippen molar-refractivity contribution in [3.63, 3.8) is 0 Å². The van der Waals surface area contributed by atoms with Gasteiger partial charge in [0.05, 0.1) is 6.61 Å². The van der Waals surface area contributed by atoms with Gasteiger partial charge in [-0.25, -0.2) is 13.9 Å². The third kappa shape index (κ3) is 9.31. The van der Waals surface area contributed by atoms with E-state index in [1.807, 2.05) is 4.98 Å². The van der Waals surface area contributed by atoms with Crippen molar-refractivity contribution in [2.45, 2.75) is 62.1 Å². The molecule has 2 fully saturated rings. The van der Waals surface area contributed by atoms with E-state index in [-0.39, 0.29) is 6.54 Å². The maximum absolute atomic E-state index is 11.7. The summed E-state index contributed by atoms with van der Waals surface area (Å²) in [7, 11) is -10.5. The van der Waals surface area contributed by atoms with Crippen molar-refractivity contribution in [3.8, 4) is 0 Å². The largest absolute Gasteiger partial charge is 0.481 e. The van der Waals surface area contributed by atoms with E-state index in [0.717, 1.165) is 16.8 Å². The molecule has 2 unspecified atom stereocenters. The second-order valence-electron chi connectivity index (χ2n) is 8.41. The van der Waals surface area contributed by atoms with Gasteiger partial charge in [0, 0.05) is 25.7 Å². The van der Waals surface area contributed by atoms with Crippen LogP contribution in [0.2, 0.25) is 0 Å². The first-order valence-corrected chi connectivity index (χ1v) is 14.1. The Hall–Kier alpha value is -1.91. The van der Waals surface area contributed by atoms with Gasteiger partial charge in [-0.3, -0.25) is 23.7 Å². The fraction of sp³-hybridized carbons (Fsp3) is 0.706. The number of hydrogen-bond acceptors (Lipinski definition) is 15. The Morgan fingerprint density at radius 1 is 1.05 bits per heavy atom. The summed E-state index contributed by atoms with van der Waals surface area (Å²) in [6.07, 6.45) is -9.98. The van der Waals surface area contributed by atoms with Gasteiger partial charge in [0.1, 0.15) is 42.7 Å². The van der Waals surface area contributed by atoms with E-state index >= 15 is 0 Å². The monoisotopic (exact) mass is 624 g/mol. The molecule has 0 radical (unpaired) electrons. The Balaban J connectivity index is 0.000000319.